The zero-order valence-electron chi connectivity index (χ0n) is 26.0. The molecule has 1 N–H and O–H groups in total. The van der Waals surface area contributed by atoms with Crippen molar-refractivity contribution in [3.8, 4) is 28.3 Å². The second-order valence-corrected chi connectivity index (χ2v) is 12.5. The Kier molecular flexibility index (Phi) is 13.4. The van der Waals surface area contributed by atoms with Crippen LogP contribution in [-0.2, 0) is 17.6 Å². The van der Waals surface area contributed by atoms with Gasteiger partial charge in [0, 0.05) is 28.6 Å². The summed E-state index contributed by atoms with van der Waals surface area (Å²) in [6.45, 7) is 12.6. The molecule has 0 aliphatic carbocycles. The maximum Gasteiger partial charge on any atom is 0.275 e. The van der Waals surface area contributed by atoms with Crippen molar-refractivity contribution in [3.05, 3.63) is 95.5 Å². The molecule has 1 amide bonds. The summed E-state index contributed by atoms with van der Waals surface area (Å²) in [6, 6.07) is 18.5. The first-order chi connectivity index (χ1) is 20.7. The van der Waals surface area contributed by atoms with E-state index in [1.165, 1.54) is 0 Å². The van der Waals surface area contributed by atoms with E-state index >= 15 is 0 Å². The molecule has 8 heteroatoms. The number of ether oxygens (including phenoxy) is 1. The summed E-state index contributed by atoms with van der Waals surface area (Å²) in [5.74, 6) is 1.53. The lowest BCUT2D eigenvalue weighted by atomic mass is 9.97. The maximum absolute atomic E-state index is 12.3. The molecule has 0 saturated carbocycles. The molecular weight excluding hydrogens is 682 g/mol. The molecule has 0 aliphatic rings. The van der Waals surface area contributed by atoms with Gasteiger partial charge in [-0.2, -0.15) is 0 Å². The smallest absolute Gasteiger partial charge is 0.275 e. The Balaban J connectivity index is 0.00000529. The molecule has 0 bridgehead atoms. The third-order valence-corrected chi connectivity index (χ3v) is 7.82. The molecule has 0 saturated heterocycles. The Hall–Kier alpha value is -3.20. The van der Waals surface area contributed by atoms with Crippen LogP contribution in [0.2, 0.25) is 0 Å². The SMILES string of the molecule is C=CCc1cc(-c2ccc(OCCC[N+](C)(C)CC(=O)NCCCC)c(CC=C)c2)c2oc(-c3cccc(Br)c3)nc2c1.[Br-]. The summed E-state index contributed by atoms with van der Waals surface area (Å²) in [5, 5.41) is 3.02. The van der Waals surface area contributed by atoms with E-state index in [2.05, 4.69) is 79.7 Å². The van der Waals surface area contributed by atoms with E-state index in [0.717, 1.165) is 87.9 Å². The molecule has 0 radical (unpaired) electrons. The van der Waals surface area contributed by atoms with Gasteiger partial charge in [0.2, 0.25) is 5.89 Å². The topological polar surface area (TPSA) is 64.4 Å². The number of hydrogen-bond acceptors (Lipinski definition) is 4. The Labute approximate surface area is 280 Å². The number of likely N-dealkylation sites (N-methyl/N-ethyl adjacent to an activating group) is 1. The fraction of sp³-hybridized carbons (Fsp3) is 0.333. The fourth-order valence-electron chi connectivity index (χ4n) is 5.14. The van der Waals surface area contributed by atoms with Gasteiger partial charge in [0.05, 0.1) is 27.2 Å². The number of allylic oxidation sites excluding steroid dienone is 2. The first kappa shape index (κ1) is 35.3. The van der Waals surface area contributed by atoms with Crippen LogP contribution < -0.4 is 27.0 Å². The van der Waals surface area contributed by atoms with Crippen molar-refractivity contribution in [2.45, 2.75) is 39.0 Å². The molecular formula is C36H43Br2N3O3. The maximum atomic E-state index is 12.3. The molecule has 0 aliphatic heterocycles. The number of carbonyl (C=O) groups is 1. The number of quaternary nitrogens is 1. The highest BCUT2D eigenvalue weighted by Crippen LogP contribution is 2.36. The summed E-state index contributed by atoms with van der Waals surface area (Å²) in [7, 11) is 4.17. The normalized spacial score (nSPS) is 11.2. The van der Waals surface area contributed by atoms with Gasteiger partial charge in [-0.05, 0) is 78.4 Å². The van der Waals surface area contributed by atoms with Crippen molar-refractivity contribution in [2.75, 3.05) is 40.3 Å². The number of unbranched alkanes of at least 4 members (excludes halogenated alkanes) is 1. The van der Waals surface area contributed by atoms with Gasteiger partial charge >= 0.3 is 0 Å². The standard InChI is InChI=1S/C36H42BrN3O3.BrH/c1-6-9-18-38-34(41)25-40(4,5)19-11-20-42-33-17-16-27(23-28(33)13-8-3)31-21-26(12-7-2)22-32-35(31)43-36(39-32)29-14-10-15-30(37)24-29;/h7-8,10,14-17,21-24H,2-3,6,9,11-13,18-20,25H2,1,4-5H3;1H. The molecule has 0 fully saturated rings. The van der Waals surface area contributed by atoms with Crippen LogP contribution in [0.3, 0.4) is 0 Å². The second-order valence-electron chi connectivity index (χ2n) is 11.6. The number of amides is 1. The van der Waals surface area contributed by atoms with Crippen molar-refractivity contribution in [1.29, 1.82) is 0 Å². The van der Waals surface area contributed by atoms with E-state index in [9.17, 15) is 4.79 Å². The molecule has 4 aromatic rings. The average molecular weight is 726 g/mol. The predicted molar refractivity (Wildman–Crippen MR) is 180 cm³/mol. The minimum Gasteiger partial charge on any atom is -1.00 e. The summed E-state index contributed by atoms with van der Waals surface area (Å²) in [5.41, 5.74) is 6.67. The molecule has 1 aromatic heterocycles. The third kappa shape index (κ3) is 9.65. The van der Waals surface area contributed by atoms with Crippen LogP contribution in [0.4, 0.5) is 0 Å². The Morgan fingerprint density at radius 1 is 1.05 bits per heavy atom. The van der Waals surface area contributed by atoms with Gasteiger partial charge in [-0.25, -0.2) is 4.98 Å². The number of carbonyl (C=O) groups excluding carboxylic acids is 1. The molecule has 6 nitrogen and oxygen atoms in total. The lowest BCUT2D eigenvalue weighted by molar-refractivity contribution is -0.882. The fourth-order valence-corrected chi connectivity index (χ4v) is 5.54. The minimum absolute atomic E-state index is 0. The number of nitrogens with one attached hydrogen (secondary N) is 1. The van der Waals surface area contributed by atoms with Crippen molar-refractivity contribution in [2.24, 2.45) is 0 Å². The van der Waals surface area contributed by atoms with Crippen molar-refractivity contribution < 1.29 is 35.4 Å². The molecule has 0 unspecified atom stereocenters. The van der Waals surface area contributed by atoms with Gasteiger partial charge in [0.1, 0.15) is 11.3 Å². The summed E-state index contributed by atoms with van der Waals surface area (Å²) in [4.78, 5) is 17.1. The summed E-state index contributed by atoms with van der Waals surface area (Å²) < 4.78 is 14.2. The minimum atomic E-state index is 0. The highest BCUT2D eigenvalue weighted by atomic mass is 79.9. The van der Waals surface area contributed by atoms with E-state index < -0.39 is 0 Å². The molecule has 1 heterocycles. The van der Waals surface area contributed by atoms with Crippen LogP contribution >= 0.6 is 15.9 Å². The van der Waals surface area contributed by atoms with Crippen LogP contribution in [0.1, 0.15) is 37.3 Å². The van der Waals surface area contributed by atoms with Gasteiger partial charge in [-0.15, -0.1) is 13.2 Å². The Bertz CT molecular complexity index is 1580. The zero-order valence-corrected chi connectivity index (χ0v) is 29.2. The van der Waals surface area contributed by atoms with Crippen LogP contribution in [0.5, 0.6) is 5.75 Å². The second kappa shape index (κ2) is 16.8. The number of rotatable bonds is 16. The first-order valence-corrected chi connectivity index (χ1v) is 15.8. The van der Waals surface area contributed by atoms with Gasteiger partial charge in [-0.1, -0.05) is 53.6 Å². The zero-order chi connectivity index (χ0) is 30.8. The number of nitrogens with zero attached hydrogens (tertiary/aromatic N) is 2. The number of fused-ring (bicyclic) bond motifs is 1. The number of hydrogen-bond donors (Lipinski definition) is 1. The van der Waals surface area contributed by atoms with E-state index in [4.69, 9.17) is 14.1 Å². The molecule has 0 spiro atoms. The average Bonchev–Trinajstić information content (AvgIpc) is 3.40. The van der Waals surface area contributed by atoms with Crippen LogP contribution in [0.25, 0.3) is 33.7 Å². The molecule has 44 heavy (non-hydrogen) atoms. The first-order valence-electron chi connectivity index (χ1n) is 15.0. The van der Waals surface area contributed by atoms with Crippen molar-refractivity contribution in [3.63, 3.8) is 0 Å². The highest BCUT2D eigenvalue weighted by molar-refractivity contribution is 9.10. The van der Waals surface area contributed by atoms with Gasteiger partial charge in [0.15, 0.2) is 12.1 Å². The lowest BCUT2D eigenvalue weighted by Gasteiger charge is -2.29. The number of aromatic nitrogens is 1. The third-order valence-electron chi connectivity index (χ3n) is 7.33. The quantitative estimate of drug-likeness (QED) is 0.0988. The molecule has 0 atom stereocenters. The molecule has 3 aromatic carbocycles. The Morgan fingerprint density at radius 2 is 1.84 bits per heavy atom. The highest BCUT2D eigenvalue weighted by Gasteiger charge is 2.20. The van der Waals surface area contributed by atoms with Gasteiger partial charge in [0.25, 0.3) is 5.91 Å². The molecule has 234 valence electrons. The lowest BCUT2D eigenvalue weighted by Crippen LogP contribution is -3.00. The van der Waals surface area contributed by atoms with E-state index in [0.29, 0.717) is 29.9 Å². The summed E-state index contributed by atoms with van der Waals surface area (Å²) >= 11 is 3.55. The van der Waals surface area contributed by atoms with E-state index in [-0.39, 0.29) is 22.9 Å². The Morgan fingerprint density at radius 3 is 2.57 bits per heavy atom. The van der Waals surface area contributed by atoms with Gasteiger partial charge < -0.3 is 35.9 Å². The largest absolute Gasteiger partial charge is 1.00 e. The van der Waals surface area contributed by atoms with Crippen molar-refractivity contribution in [1.82, 2.24) is 10.3 Å². The summed E-state index contributed by atoms with van der Waals surface area (Å²) in [6.07, 6.45) is 8.13. The van der Waals surface area contributed by atoms with Crippen LogP contribution in [0, 0.1) is 0 Å². The van der Waals surface area contributed by atoms with E-state index in [1.54, 1.807) is 0 Å². The monoisotopic (exact) mass is 723 g/mol. The van der Waals surface area contributed by atoms with Crippen LogP contribution in [0.15, 0.2) is 88.8 Å². The number of oxazole rings is 1. The number of benzene rings is 3. The van der Waals surface area contributed by atoms with Crippen LogP contribution in [-0.4, -0.2) is 55.7 Å². The predicted octanol–water partition coefficient (Wildman–Crippen LogP) is 5.15. The van der Waals surface area contributed by atoms with Crippen molar-refractivity contribution >= 4 is 32.9 Å². The van der Waals surface area contributed by atoms with E-state index in [1.807, 2.05) is 42.5 Å². The van der Waals surface area contributed by atoms with Gasteiger partial charge in [-0.3, -0.25) is 4.79 Å². The molecule has 4 rings (SSSR count). The number of halogens is 2.